The van der Waals surface area contributed by atoms with Crippen LogP contribution in [0, 0.1) is 0 Å². The first-order valence-corrected chi connectivity index (χ1v) is 12.1. The fraction of sp³-hybridized carbons (Fsp3) is 0.435. The van der Waals surface area contributed by atoms with Gasteiger partial charge in [-0.1, -0.05) is 25.3 Å². The molecule has 0 aromatic heterocycles. The van der Waals surface area contributed by atoms with E-state index < -0.39 is 10.0 Å². The highest BCUT2D eigenvalue weighted by molar-refractivity contribution is 7.92. The van der Waals surface area contributed by atoms with E-state index in [-0.39, 0.29) is 16.8 Å². The Balaban J connectivity index is 1.55. The van der Waals surface area contributed by atoms with Crippen molar-refractivity contribution < 1.29 is 17.9 Å². The lowest BCUT2D eigenvalue weighted by Crippen LogP contribution is -2.43. The zero-order valence-electron chi connectivity index (χ0n) is 17.2. The van der Waals surface area contributed by atoms with E-state index in [0.717, 1.165) is 38.5 Å². The predicted molar refractivity (Wildman–Crippen MR) is 116 cm³/mol. The van der Waals surface area contributed by atoms with E-state index in [4.69, 9.17) is 4.74 Å². The van der Waals surface area contributed by atoms with Gasteiger partial charge in [0, 0.05) is 23.3 Å². The molecular formula is C23H28N2O4S. The van der Waals surface area contributed by atoms with E-state index in [2.05, 4.69) is 4.72 Å². The van der Waals surface area contributed by atoms with Crippen molar-refractivity contribution in [3.8, 4) is 5.75 Å². The number of carbonyl (C=O) groups is 1. The summed E-state index contributed by atoms with van der Waals surface area (Å²) in [7, 11) is -2.25. The second kappa shape index (κ2) is 8.68. The van der Waals surface area contributed by atoms with Crippen molar-refractivity contribution in [3.05, 3.63) is 54.1 Å². The van der Waals surface area contributed by atoms with Gasteiger partial charge in [0.15, 0.2) is 0 Å². The smallest absolute Gasteiger partial charge is 0.261 e. The normalized spacial score (nSPS) is 17.4. The number of nitrogens with one attached hydrogen (secondary N) is 1. The number of ether oxygens (including phenoxy) is 1. The van der Waals surface area contributed by atoms with Crippen molar-refractivity contribution in [2.45, 2.75) is 61.9 Å². The highest BCUT2D eigenvalue weighted by Gasteiger charge is 2.38. The van der Waals surface area contributed by atoms with Crippen LogP contribution in [-0.4, -0.2) is 38.4 Å². The van der Waals surface area contributed by atoms with Gasteiger partial charge in [-0.2, -0.15) is 0 Å². The van der Waals surface area contributed by atoms with Crippen LogP contribution in [0.1, 0.15) is 55.3 Å². The number of nitrogens with zero attached hydrogens (tertiary/aromatic N) is 1. The molecule has 4 rings (SSSR count). The second-order valence-electron chi connectivity index (χ2n) is 8.10. The maximum absolute atomic E-state index is 13.3. The van der Waals surface area contributed by atoms with E-state index >= 15 is 0 Å². The highest BCUT2D eigenvalue weighted by atomic mass is 32.2. The fourth-order valence-electron chi connectivity index (χ4n) is 4.16. The molecule has 6 nitrogen and oxygen atoms in total. The van der Waals surface area contributed by atoms with E-state index in [0.29, 0.717) is 23.0 Å². The summed E-state index contributed by atoms with van der Waals surface area (Å²) in [6, 6.07) is 13.6. The van der Waals surface area contributed by atoms with Gasteiger partial charge in [0.1, 0.15) is 5.75 Å². The molecule has 2 aliphatic carbocycles. The minimum atomic E-state index is -3.81. The molecule has 1 N–H and O–H groups in total. The molecule has 0 bridgehead atoms. The van der Waals surface area contributed by atoms with Crippen LogP contribution < -0.4 is 9.46 Å². The van der Waals surface area contributed by atoms with Gasteiger partial charge >= 0.3 is 0 Å². The summed E-state index contributed by atoms with van der Waals surface area (Å²) >= 11 is 0. The summed E-state index contributed by atoms with van der Waals surface area (Å²) in [5.74, 6) is 0.597. The average Bonchev–Trinajstić information content (AvgIpc) is 3.60. The van der Waals surface area contributed by atoms with Crippen LogP contribution in [0.15, 0.2) is 53.4 Å². The largest absolute Gasteiger partial charge is 0.497 e. The molecule has 2 aromatic rings. The van der Waals surface area contributed by atoms with Gasteiger partial charge in [-0.15, -0.1) is 0 Å². The molecule has 0 unspecified atom stereocenters. The number of sulfonamides is 1. The quantitative estimate of drug-likeness (QED) is 0.708. The van der Waals surface area contributed by atoms with Gasteiger partial charge in [-0.3, -0.25) is 9.52 Å². The Hall–Kier alpha value is -2.54. The molecular weight excluding hydrogens is 400 g/mol. The number of methoxy groups -OCH3 is 1. The average molecular weight is 429 g/mol. The van der Waals surface area contributed by atoms with E-state index in [9.17, 15) is 13.2 Å². The fourth-order valence-corrected chi connectivity index (χ4v) is 5.26. The molecule has 2 saturated carbocycles. The van der Waals surface area contributed by atoms with Crippen molar-refractivity contribution >= 4 is 21.6 Å². The van der Waals surface area contributed by atoms with Crippen molar-refractivity contribution in [1.82, 2.24) is 4.90 Å². The first kappa shape index (κ1) is 20.7. The van der Waals surface area contributed by atoms with Crippen molar-refractivity contribution in [2.75, 3.05) is 11.8 Å². The predicted octanol–water partition coefficient (Wildman–Crippen LogP) is 4.43. The lowest BCUT2D eigenvalue weighted by atomic mass is 9.93. The number of hydrogen-bond donors (Lipinski definition) is 1. The van der Waals surface area contributed by atoms with Gasteiger partial charge in [-0.25, -0.2) is 8.42 Å². The lowest BCUT2D eigenvalue weighted by molar-refractivity contribution is 0.0613. The standard InChI is InChI=1S/C23H28N2O4S/c1-29-21-14-10-18(11-15-21)24-30(27,28)22-9-5-6-17(16-22)23(26)25(20-12-13-20)19-7-3-2-4-8-19/h5-6,9-11,14-16,19-20,24H,2-4,7-8,12-13H2,1H3. The summed E-state index contributed by atoms with van der Waals surface area (Å²) in [5.41, 5.74) is 0.874. The van der Waals surface area contributed by atoms with Gasteiger partial charge in [0.25, 0.3) is 15.9 Å². The molecule has 2 aliphatic rings. The number of benzene rings is 2. The monoisotopic (exact) mass is 428 g/mol. The maximum atomic E-state index is 13.3. The summed E-state index contributed by atoms with van der Waals surface area (Å²) in [4.78, 5) is 15.4. The summed E-state index contributed by atoms with van der Waals surface area (Å²) in [5, 5.41) is 0. The van der Waals surface area contributed by atoms with Crippen LogP contribution in [0.2, 0.25) is 0 Å². The van der Waals surface area contributed by atoms with Gasteiger partial charge in [-0.05, 0) is 68.1 Å². The molecule has 0 saturated heterocycles. The molecule has 2 fully saturated rings. The molecule has 160 valence electrons. The van der Waals surface area contributed by atoms with E-state index in [1.165, 1.54) is 18.6 Å². The first-order valence-electron chi connectivity index (χ1n) is 10.6. The number of amides is 1. The minimum Gasteiger partial charge on any atom is -0.497 e. The Morgan fingerprint density at radius 3 is 2.27 bits per heavy atom. The molecule has 0 heterocycles. The summed E-state index contributed by atoms with van der Waals surface area (Å²) in [6.45, 7) is 0. The Kier molecular flexibility index (Phi) is 5.99. The Bertz CT molecular complexity index is 994. The Labute approximate surface area is 178 Å². The van der Waals surface area contributed by atoms with Crippen LogP contribution in [-0.2, 0) is 10.0 Å². The zero-order valence-corrected chi connectivity index (χ0v) is 18.0. The SMILES string of the molecule is COc1ccc(NS(=O)(=O)c2cccc(C(=O)N(C3CCCCC3)C3CC3)c2)cc1. The molecule has 2 aromatic carbocycles. The first-order chi connectivity index (χ1) is 14.5. The molecule has 7 heteroatoms. The Morgan fingerprint density at radius 1 is 0.967 bits per heavy atom. The Morgan fingerprint density at radius 2 is 1.63 bits per heavy atom. The van der Waals surface area contributed by atoms with Crippen LogP contribution in [0.3, 0.4) is 0 Å². The van der Waals surface area contributed by atoms with E-state index in [1.807, 2.05) is 4.90 Å². The third-order valence-corrected chi connectivity index (χ3v) is 7.26. The van der Waals surface area contributed by atoms with Crippen LogP contribution in [0.25, 0.3) is 0 Å². The van der Waals surface area contributed by atoms with E-state index in [1.54, 1.807) is 43.5 Å². The number of anilines is 1. The number of hydrogen-bond acceptors (Lipinski definition) is 4. The molecule has 0 aliphatic heterocycles. The maximum Gasteiger partial charge on any atom is 0.261 e. The molecule has 0 radical (unpaired) electrons. The van der Waals surface area contributed by atoms with Crippen molar-refractivity contribution in [2.24, 2.45) is 0 Å². The number of rotatable bonds is 7. The van der Waals surface area contributed by atoms with Crippen LogP contribution >= 0.6 is 0 Å². The second-order valence-corrected chi connectivity index (χ2v) is 9.78. The number of carbonyl (C=O) groups excluding carboxylic acids is 1. The highest BCUT2D eigenvalue weighted by Crippen LogP contribution is 2.35. The van der Waals surface area contributed by atoms with Gasteiger partial charge in [0.2, 0.25) is 0 Å². The van der Waals surface area contributed by atoms with Crippen molar-refractivity contribution in [1.29, 1.82) is 0 Å². The van der Waals surface area contributed by atoms with Gasteiger partial charge in [0.05, 0.1) is 12.0 Å². The molecule has 1 amide bonds. The third-order valence-electron chi connectivity index (χ3n) is 5.88. The summed E-state index contributed by atoms with van der Waals surface area (Å²) in [6.07, 6.45) is 7.70. The molecule has 0 atom stereocenters. The van der Waals surface area contributed by atoms with Crippen LogP contribution in [0.5, 0.6) is 5.75 Å². The topological polar surface area (TPSA) is 75.7 Å². The van der Waals surface area contributed by atoms with Crippen LogP contribution in [0.4, 0.5) is 5.69 Å². The minimum absolute atomic E-state index is 0.0501. The van der Waals surface area contributed by atoms with Crippen molar-refractivity contribution in [3.63, 3.8) is 0 Å². The third kappa shape index (κ3) is 4.61. The zero-order chi connectivity index (χ0) is 21.1. The molecule has 0 spiro atoms. The lowest BCUT2D eigenvalue weighted by Gasteiger charge is -2.34. The van der Waals surface area contributed by atoms with Gasteiger partial charge < -0.3 is 9.64 Å². The molecule has 30 heavy (non-hydrogen) atoms. The summed E-state index contributed by atoms with van der Waals surface area (Å²) < 4.78 is 33.4.